The van der Waals surface area contributed by atoms with Gasteiger partial charge in [0.15, 0.2) is 9.84 Å². The predicted octanol–water partition coefficient (Wildman–Crippen LogP) is 2.99. The Labute approximate surface area is 151 Å². The van der Waals surface area contributed by atoms with Crippen LogP contribution in [0.15, 0.2) is 24.3 Å². The van der Waals surface area contributed by atoms with Gasteiger partial charge in [-0.05, 0) is 56.4 Å². The van der Waals surface area contributed by atoms with Crippen molar-refractivity contribution in [3.63, 3.8) is 0 Å². The van der Waals surface area contributed by atoms with Crippen LogP contribution in [0.5, 0.6) is 0 Å². The van der Waals surface area contributed by atoms with Crippen LogP contribution in [0.25, 0.3) is 0 Å². The summed E-state index contributed by atoms with van der Waals surface area (Å²) in [7, 11) is -2.89. The fourth-order valence-electron chi connectivity index (χ4n) is 4.01. The molecule has 138 valence electrons. The maximum atomic E-state index is 12.4. The topological polar surface area (TPSA) is 54.5 Å². The number of piperidine rings is 1. The van der Waals surface area contributed by atoms with E-state index < -0.39 is 9.84 Å². The fraction of sp³-hybridized carbons (Fsp3) is 0.650. The third-order valence-electron chi connectivity index (χ3n) is 5.72. The molecule has 25 heavy (non-hydrogen) atoms. The van der Waals surface area contributed by atoms with Crippen LogP contribution in [0, 0.1) is 18.8 Å². The van der Waals surface area contributed by atoms with E-state index in [4.69, 9.17) is 0 Å². The molecule has 1 aromatic carbocycles. The molecule has 1 aromatic rings. The third-order valence-corrected chi connectivity index (χ3v) is 7.56. The highest BCUT2D eigenvalue weighted by molar-refractivity contribution is 7.91. The quantitative estimate of drug-likeness (QED) is 0.808. The molecule has 4 nitrogen and oxygen atoms in total. The van der Waals surface area contributed by atoms with Crippen molar-refractivity contribution in [2.75, 3.05) is 24.6 Å². The van der Waals surface area contributed by atoms with Gasteiger partial charge in [0.1, 0.15) is 0 Å². The molecule has 3 rings (SSSR count). The molecule has 2 aliphatic heterocycles. The number of aryl methyl sites for hydroxylation is 2. The molecule has 2 heterocycles. The molecular formula is C20H29NO3S. The molecule has 2 saturated heterocycles. The lowest BCUT2D eigenvalue weighted by Gasteiger charge is -2.32. The van der Waals surface area contributed by atoms with E-state index >= 15 is 0 Å². The fourth-order valence-corrected chi connectivity index (χ4v) is 5.87. The number of hydrogen-bond donors (Lipinski definition) is 0. The summed E-state index contributed by atoms with van der Waals surface area (Å²) in [6.45, 7) is 3.77. The molecule has 1 amide bonds. The van der Waals surface area contributed by atoms with Crippen molar-refractivity contribution in [2.45, 2.75) is 45.4 Å². The second-order valence-electron chi connectivity index (χ2n) is 7.82. The summed E-state index contributed by atoms with van der Waals surface area (Å²) in [6.07, 6.45) is 5.50. The summed E-state index contributed by atoms with van der Waals surface area (Å²) < 4.78 is 23.0. The van der Waals surface area contributed by atoms with Gasteiger partial charge in [-0.25, -0.2) is 8.42 Å². The van der Waals surface area contributed by atoms with Crippen LogP contribution < -0.4 is 0 Å². The van der Waals surface area contributed by atoms with Crippen molar-refractivity contribution in [3.8, 4) is 0 Å². The molecule has 1 unspecified atom stereocenters. The van der Waals surface area contributed by atoms with E-state index in [0.29, 0.717) is 18.8 Å². The summed E-state index contributed by atoms with van der Waals surface area (Å²) in [5.41, 5.74) is 2.69. The number of rotatable bonds is 5. The first-order valence-corrected chi connectivity index (χ1v) is 11.3. The first kappa shape index (κ1) is 18.4. The van der Waals surface area contributed by atoms with E-state index in [1.54, 1.807) is 0 Å². The minimum atomic E-state index is -2.89. The largest absolute Gasteiger partial charge is 0.343 e. The Morgan fingerprint density at radius 3 is 2.36 bits per heavy atom. The number of hydrogen-bond acceptors (Lipinski definition) is 3. The van der Waals surface area contributed by atoms with Gasteiger partial charge in [0.05, 0.1) is 11.5 Å². The van der Waals surface area contributed by atoms with Crippen LogP contribution in [0.3, 0.4) is 0 Å². The number of amides is 1. The van der Waals surface area contributed by atoms with Gasteiger partial charge < -0.3 is 4.90 Å². The summed E-state index contributed by atoms with van der Waals surface area (Å²) in [4.78, 5) is 14.4. The van der Waals surface area contributed by atoms with Crippen molar-refractivity contribution in [2.24, 2.45) is 11.8 Å². The minimum Gasteiger partial charge on any atom is -0.343 e. The summed E-state index contributed by atoms with van der Waals surface area (Å²) >= 11 is 0. The molecule has 0 N–H and O–H groups in total. The number of nitrogens with zero attached hydrogens (tertiary/aromatic N) is 1. The Kier molecular flexibility index (Phi) is 5.82. The van der Waals surface area contributed by atoms with Crippen LogP contribution >= 0.6 is 0 Å². The lowest BCUT2D eigenvalue weighted by Crippen LogP contribution is -2.39. The molecule has 2 fully saturated rings. The first-order chi connectivity index (χ1) is 11.9. The molecule has 0 bridgehead atoms. The standard InChI is InChI=1S/C20H29NO3S/c1-16-2-4-17(5-3-16)6-7-18-8-11-21(12-9-18)20(22)14-19-10-13-25(23,24)15-19/h2-5,18-19H,6-15H2,1H3. The van der Waals surface area contributed by atoms with Gasteiger partial charge in [-0.2, -0.15) is 0 Å². The van der Waals surface area contributed by atoms with E-state index in [1.165, 1.54) is 17.5 Å². The Bertz CT molecular complexity index is 688. The van der Waals surface area contributed by atoms with E-state index in [9.17, 15) is 13.2 Å². The van der Waals surface area contributed by atoms with Crippen molar-refractivity contribution in [3.05, 3.63) is 35.4 Å². The Hall–Kier alpha value is -1.36. The predicted molar refractivity (Wildman–Crippen MR) is 100 cm³/mol. The second-order valence-corrected chi connectivity index (χ2v) is 10.1. The highest BCUT2D eigenvalue weighted by Crippen LogP contribution is 2.26. The Morgan fingerprint density at radius 1 is 1.08 bits per heavy atom. The SMILES string of the molecule is Cc1ccc(CCC2CCN(C(=O)CC3CCS(=O)(=O)C3)CC2)cc1. The number of carbonyl (C=O) groups is 1. The van der Waals surface area contributed by atoms with Gasteiger partial charge in [0.25, 0.3) is 0 Å². The van der Waals surface area contributed by atoms with Crippen LogP contribution in [0.2, 0.25) is 0 Å². The number of benzene rings is 1. The smallest absolute Gasteiger partial charge is 0.222 e. The maximum Gasteiger partial charge on any atom is 0.222 e. The molecule has 0 aromatic heterocycles. The second kappa shape index (κ2) is 7.90. The van der Waals surface area contributed by atoms with Crippen LogP contribution in [0.4, 0.5) is 0 Å². The molecule has 5 heteroatoms. The van der Waals surface area contributed by atoms with Crippen molar-refractivity contribution in [1.29, 1.82) is 0 Å². The Balaban J connectivity index is 1.39. The molecule has 0 saturated carbocycles. The first-order valence-electron chi connectivity index (χ1n) is 9.45. The van der Waals surface area contributed by atoms with Crippen molar-refractivity contribution < 1.29 is 13.2 Å². The lowest BCUT2D eigenvalue weighted by atomic mass is 9.90. The Morgan fingerprint density at radius 2 is 1.76 bits per heavy atom. The van der Waals surface area contributed by atoms with Crippen molar-refractivity contribution >= 4 is 15.7 Å². The average molecular weight is 364 g/mol. The zero-order valence-corrected chi connectivity index (χ0v) is 15.9. The highest BCUT2D eigenvalue weighted by atomic mass is 32.2. The van der Waals surface area contributed by atoms with Gasteiger partial charge in [0.2, 0.25) is 5.91 Å². The van der Waals surface area contributed by atoms with Crippen LogP contribution in [-0.2, 0) is 21.1 Å². The number of carbonyl (C=O) groups excluding carboxylic acids is 1. The number of sulfone groups is 1. The van der Waals surface area contributed by atoms with E-state index in [1.807, 2.05) is 4.90 Å². The van der Waals surface area contributed by atoms with E-state index in [2.05, 4.69) is 31.2 Å². The van der Waals surface area contributed by atoms with E-state index in [-0.39, 0.29) is 23.3 Å². The number of likely N-dealkylation sites (tertiary alicyclic amines) is 1. The summed E-state index contributed by atoms with van der Waals surface area (Å²) in [5, 5.41) is 0. The average Bonchev–Trinajstić information content (AvgIpc) is 2.93. The zero-order valence-electron chi connectivity index (χ0n) is 15.1. The summed E-state index contributed by atoms with van der Waals surface area (Å²) in [6, 6.07) is 8.76. The van der Waals surface area contributed by atoms with Gasteiger partial charge in [-0.1, -0.05) is 29.8 Å². The van der Waals surface area contributed by atoms with Crippen LogP contribution in [-0.4, -0.2) is 43.8 Å². The van der Waals surface area contributed by atoms with Gasteiger partial charge in [-0.3, -0.25) is 4.79 Å². The van der Waals surface area contributed by atoms with E-state index in [0.717, 1.165) is 32.4 Å². The normalized spacial score (nSPS) is 23.7. The minimum absolute atomic E-state index is 0.0387. The van der Waals surface area contributed by atoms with Crippen molar-refractivity contribution in [1.82, 2.24) is 4.90 Å². The van der Waals surface area contributed by atoms with Gasteiger partial charge in [0, 0.05) is 19.5 Å². The monoisotopic (exact) mass is 363 g/mol. The molecular weight excluding hydrogens is 334 g/mol. The lowest BCUT2D eigenvalue weighted by molar-refractivity contribution is -0.133. The van der Waals surface area contributed by atoms with Crippen LogP contribution in [0.1, 0.15) is 43.2 Å². The van der Waals surface area contributed by atoms with Gasteiger partial charge in [-0.15, -0.1) is 0 Å². The third kappa shape index (κ3) is 5.30. The molecule has 0 radical (unpaired) electrons. The maximum absolute atomic E-state index is 12.4. The molecule has 2 aliphatic rings. The molecule has 0 spiro atoms. The zero-order chi connectivity index (χ0) is 17.9. The summed E-state index contributed by atoms with van der Waals surface area (Å²) in [5.74, 6) is 1.34. The molecule has 0 aliphatic carbocycles. The highest BCUT2D eigenvalue weighted by Gasteiger charge is 2.31. The molecule has 1 atom stereocenters. The van der Waals surface area contributed by atoms with Gasteiger partial charge >= 0.3 is 0 Å².